The van der Waals surface area contributed by atoms with Gasteiger partial charge in [-0.1, -0.05) is 6.58 Å². The highest BCUT2D eigenvalue weighted by Gasteiger charge is 2.31. The van der Waals surface area contributed by atoms with Crippen molar-refractivity contribution in [3.05, 3.63) is 12.2 Å². The molecule has 0 aromatic heterocycles. The Hall–Kier alpha value is -1.45. The number of ketones is 1. The molecule has 4 nitrogen and oxygen atoms in total. The molecule has 1 N–H and O–H groups in total. The summed E-state index contributed by atoms with van der Waals surface area (Å²) in [6.07, 6.45) is 0.582. The van der Waals surface area contributed by atoms with Crippen LogP contribution in [-0.4, -0.2) is 24.0 Å². The second kappa shape index (κ2) is 4.87. The Morgan fingerprint density at radius 2 is 1.87 bits per heavy atom. The molecule has 0 aliphatic carbocycles. The lowest BCUT2D eigenvalue weighted by Crippen LogP contribution is -2.45. The molecule has 0 heterocycles. The number of carbonyl (C=O) groups is 3. The predicted octanol–water partition coefficient (Wildman–Crippen LogP) is 0.861. The maximum Gasteiger partial charge on any atom is 0.246 e. The average Bonchev–Trinajstić information content (AvgIpc) is 2.16. The van der Waals surface area contributed by atoms with Crippen molar-refractivity contribution in [2.45, 2.75) is 33.7 Å². The molecule has 1 atom stereocenters. The summed E-state index contributed by atoms with van der Waals surface area (Å²) in [5.74, 6) is -0.690. The van der Waals surface area contributed by atoms with Crippen molar-refractivity contribution in [2.24, 2.45) is 5.41 Å². The van der Waals surface area contributed by atoms with Crippen molar-refractivity contribution >= 4 is 18.0 Å². The Morgan fingerprint density at radius 3 is 2.20 bits per heavy atom. The largest absolute Gasteiger partial charge is 0.343 e. The zero-order valence-electron chi connectivity index (χ0n) is 9.59. The van der Waals surface area contributed by atoms with Crippen molar-refractivity contribution < 1.29 is 14.4 Å². The Bertz CT molecular complexity index is 305. The van der Waals surface area contributed by atoms with E-state index in [4.69, 9.17) is 0 Å². The topological polar surface area (TPSA) is 63.2 Å². The van der Waals surface area contributed by atoms with E-state index in [0.717, 1.165) is 0 Å². The van der Waals surface area contributed by atoms with Gasteiger partial charge in [-0.05, 0) is 27.7 Å². The molecule has 84 valence electrons. The lowest BCUT2D eigenvalue weighted by Gasteiger charge is -2.21. The first kappa shape index (κ1) is 13.5. The minimum absolute atomic E-state index is 0.313. The summed E-state index contributed by atoms with van der Waals surface area (Å²) in [5.41, 5.74) is -0.736. The van der Waals surface area contributed by atoms with Gasteiger partial charge in [-0.15, -0.1) is 0 Å². The molecule has 0 aliphatic rings. The van der Waals surface area contributed by atoms with E-state index in [2.05, 4.69) is 11.9 Å². The van der Waals surface area contributed by atoms with E-state index in [0.29, 0.717) is 11.9 Å². The Balaban J connectivity index is 4.54. The van der Waals surface area contributed by atoms with E-state index < -0.39 is 11.5 Å². The van der Waals surface area contributed by atoms with Crippen LogP contribution in [-0.2, 0) is 14.4 Å². The minimum Gasteiger partial charge on any atom is -0.343 e. The number of Topliss-reactive ketones (excluding diaryl/α,β-unsaturated/α-hetero) is 1. The number of rotatable bonds is 5. The zero-order chi connectivity index (χ0) is 12.2. The van der Waals surface area contributed by atoms with Gasteiger partial charge >= 0.3 is 0 Å². The van der Waals surface area contributed by atoms with Crippen LogP contribution in [0.4, 0.5) is 0 Å². The zero-order valence-corrected chi connectivity index (χ0v) is 9.59. The number of amides is 1. The Morgan fingerprint density at radius 1 is 1.40 bits per heavy atom. The SMILES string of the molecule is C=C(C)C(=O)NC(C)C(=O)C(C)(C)C=O. The number of carbonyl (C=O) groups excluding carboxylic acids is 3. The Kier molecular flexibility index (Phi) is 4.40. The Labute approximate surface area is 89.7 Å². The van der Waals surface area contributed by atoms with Gasteiger partial charge in [0.15, 0.2) is 5.78 Å². The van der Waals surface area contributed by atoms with Crippen LogP contribution in [0.15, 0.2) is 12.2 Å². The summed E-state index contributed by atoms with van der Waals surface area (Å²) in [5, 5.41) is 2.47. The number of aldehydes is 1. The lowest BCUT2D eigenvalue weighted by atomic mass is 9.86. The maximum absolute atomic E-state index is 11.7. The van der Waals surface area contributed by atoms with Crippen LogP contribution in [0.25, 0.3) is 0 Å². The maximum atomic E-state index is 11.7. The second-order valence-electron chi connectivity index (χ2n) is 4.18. The molecule has 0 aliphatic heterocycles. The minimum atomic E-state index is -1.07. The van der Waals surface area contributed by atoms with Gasteiger partial charge in [0.2, 0.25) is 5.91 Å². The third-order valence-corrected chi connectivity index (χ3v) is 2.06. The fourth-order valence-electron chi connectivity index (χ4n) is 1.00. The molecule has 0 fully saturated rings. The lowest BCUT2D eigenvalue weighted by molar-refractivity contribution is -0.135. The van der Waals surface area contributed by atoms with E-state index in [1.54, 1.807) is 13.8 Å². The van der Waals surface area contributed by atoms with Crippen LogP contribution in [0, 0.1) is 5.41 Å². The fourth-order valence-corrected chi connectivity index (χ4v) is 1.00. The van der Waals surface area contributed by atoms with E-state index in [1.165, 1.54) is 13.8 Å². The highest BCUT2D eigenvalue weighted by Crippen LogP contribution is 2.14. The molecule has 0 spiro atoms. The van der Waals surface area contributed by atoms with Crippen molar-refractivity contribution in [3.63, 3.8) is 0 Å². The van der Waals surface area contributed by atoms with Gasteiger partial charge in [-0.25, -0.2) is 0 Å². The first-order valence-electron chi connectivity index (χ1n) is 4.69. The molecular formula is C11H17NO3. The number of hydrogen-bond donors (Lipinski definition) is 1. The highest BCUT2D eigenvalue weighted by atomic mass is 16.2. The molecule has 0 saturated heterocycles. The van der Waals surface area contributed by atoms with Gasteiger partial charge in [0.25, 0.3) is 0 Å². The summed E-state index contributed by atoms with van der Waals surface area (Å²) in [4.78, 5) is 33.5. The summed E-state index contributed by atoms with van der Waals surface area (Å²) in [6.45, 7) is 9.60. The molecular weight excluding hydrogens is 194 g/mol. The van der Waals surface area contributed by atoms with Crippen LogP contribution in [0.3, 0.4) is 0 Å². The van der Waals surface area contributed by atoms with Gasteiger partial charge in [0.1, 0.15) is 6.29 Å². The molecule has 4 heteroatoms. The average molecular weight is 211 g/mol. The van der Waals surface area contributed by atoms with Crippen LogP contribution in [0.2, 0.25) is 0 Å². The molecule has 0 rings (SSSR count). The summed E-state index contributed by atoms with van der Waals surface area (Å²) in [6, 6.07) is -0.686. The summed E-state index contributed by atoms with van der Waals surface area (Å²) < 4.78 is 0. The van der Waals surface area contributed by atoms with Crippen LogP contribution in [0.5, 0.6) is 0 Å². The molecule has 0 aromatic carbocycles. The van der Waals surface area contributed by atoms with Crippen molar-refractivity contribution in [2.75, 3.05) is 0 Å². The van der Waals surface area contributed by atoms with Crippen LogP contribution < -0.4 is 5.32 Å². The number of nitrogens with one attached hydrogen (secondary N) is 1. The smallest absolute Gasteiger partial charge is 0.246 e. The van der Waals surface area contributed by atoms with Crippen molar-refractivity contribution in [1.29, 1.82) is 0 Å². The van der Waals surface area contributed by atoms with Gasteiger partial charge in [0, 0.05) is 5.57 Å². The molecule has 0 radical (unpaired) electrons. The summed E-state index contributed by atoms with van der Waals surface area (Å²) >= 11 is 0. The number of hydrogen-bond acceptors (Lipinski definition) is 3. The fraction of sp³-hybridized carbons (Fsp3) is 0.545. The summed E-state index contributed by atoms with van der Waals surface area (Å²) in [7, 11) is 0. The standard InChI is InChI=1S/C11H17NO3/c1-7(2)10(15)12-8(3)9(14)11(4,5)6-13/h6,8H,1H2,2-5H3,(H,12,15). The molecule has 15 heavy (non-hydrogen) atoms. The third-order valence-electron chi connectivity index (χ3n) is 2.06. The van der Waals surface area contributed by atoms with Gasteiger partial charge in [-0.3, -0.25) is 9.59 Å². The second-order valence-corrected chi connectivity index (χ2v) is 4.18. The molecule has 0 aromatic rings. The van der Waals surface area contributed by atoms with Crippen LogP contribution >= 0.6 is 0 Å². The normalized spacial score (nSPS) is 12.8. The first-order chi connectivity index (χ1) is 6.72. The van der Waals surface area contributed by atoms with E-state index in [-0.39, 0.29) is 11.7 Å². The molecule has 0 saturated carbocycles. The van der Waals surface area contributed by atoms with Gasteiger partial charge in [0.05, 0.1) is 11.5 Å². The van der Waals surface area contributed by atoms with Gasteiger partial charge < -0.3 is 10.1 Å². The molecule has 1 amide bonds. The van der Waals surface area contributed by atoms with E-state index in [9.17, 15) is 14.4 Å². The van der Waals surface area contributed by atoms with E-state index >= 15 is 0 Å². The predicted molar refractivity (Wildman–Crippen MR) is 57.3 cm³/mol. The highest BCUT2D eigenvalue weighted by molar-refractivity contribution is 6.03. The molecule has 1 unspecified atom stereocenters. The van der Waals surface area contributed by atoms with E-state index in [1.807, 2.05) is 0 Å². The monoisotopic (exact) mass is 211 g/mol. The molecule has 0 bridgehead atoms. The van der Waals surface area contributed by atoms with Crippen molar-refractivity contribution in [3.8, 4) is 0 Å². The van der Waals surface area contributed by atoms with Crippen LogP contribution in [0.1, 0.15) is 27.7 Å². The third kappa shape index (κ3) is 3.65. The van der Waals surface area contributed by atoms with Gasteiger partial charge in [-0.2, -0.15) is 0 Å². The first-order valence-corrected chi connectivity index (χ1v) is 4.69. The quantitative estimate of drug-likeness (QED) is 0.417. The van der Waals surface area contributed by atoms with Crippen molar-refractivity contribution in [1.82, 2.24) is 5.32 Å².